The molecule has 0 radical (unpaired) electrons. The standard InChI is InChI=1S/C15H22N2O5S/c1-4-16-23(21,22)13-8-6-7-12(9-13)14(18)17(5-2)10-11(3)15(19)20/h6-9,11,16H,4-5,10H2,1-3H3,(H,19,20)/t11-/m0/s1. The summed E-state index contributed by atoms with van der Waals surface area (Å²) in [5.41, 5.74) is 0.211. The zero-order valence-electron chi connectivity index (χ0n) is 13.4. The van der Waals surface area contributed by atoms with Crippen LogP contribution in [0.1, 0.15) is 31.1 Å². The van der Waals surface area contributed by atoms with E-state index in [0.717, 1.165) is 0 Å². The molecule has 7 nitrogen and oxygen atoms in total. The summed E-state index contributed by atoms with van der Waals surface area (Å²) in [5, 5.41) is 8.96. The second-order valence-corrected chi connectivity index (χ2v) is 6.88. The maximum absolute atomic E-state index is 12.5. The molecule has 1 rings (SSSR count). The van der Waals surface area contributed by atoms with Crippen molar-refractivity contribution in [3.05, 3.63) is 29.8 Å². The molecule has 0 aromatic heterocycles. The van der Waals surface area contributed by atoms with E-state index in [0.29, 0.717) is 6.54 Å². The van der Waals surface area contributed by atoms with Crippen LogP contribution in [0.25, 0.3) is 0 Å². The molecule has 1 aromatic rings. The van der Waals surface area contributed by atoms with Gasteiger partial charge < -0.3 is 10.0 Å². The van der Waals surface area contributed by atoms with Crippen LogP contribution in [0.3, 0.4) is 0 Å². The third-order valence-electron chi connectivity index (χ3n) is 3.31. The van der Waals surface area contributed by atoms with Gasteiger partial charge in [-0.1, -0.05) is 19.9 Å². The summed E-state index contributed by atoms with van der Waals surface area (Å²) in [6, 6.07) is 5.71. The molecule has 0 aliphatic heterocycles. The highest BCUT2D eigenvalue weighted by Crippen LogP contribution is 2.14. The summed E-state index contributed by atoms with van der Waals surface area (Å²) >= 11 is 0. The fourth-order valence-corrected chi connectivity index (χ4v) is 3.10. The summed E-state index contributed by atoms with van der Waals surface area (Å²) in [6.07, 6.45) is 0. The Bertz CT molecular complexity index is 672. The largest absolute Gasteiger partial charge is 0.481 e. The van der Waals surface area contributed by atoms with E-state index in [4.69, 9.17) is 5.11 Å². The van der Waals surface area contributed by atoms with E-state index in [1.807, 2.05) is 0 Å². The van der Waals surface area contributed by atoms with E-state index in [1.165, 1.54) is 36.1 Å². The topological polar surface area (TPSA) is 104 Å². The number of carbonyl (C=O) groups excluding carboxylic acids is 1. The average Bonchev–Trinajstić information content (AvgIpc) is 2.51. The molecule has 0 saturated carbocycles. The molecule has 1 amide bonds. The molecular weight excluding hydrogens is 320 g/mol. The number of aliphatic carboxylic acids is 1. The molecule has 0 saturated heterocycles. The number of sulfonamides is 1. The van der Waals surface area contributed by atoms with Crippen LogP contribution in [0.5, 0.6) is 0 Å². The molecule has 8 heteroatoms. The van der Waals surface area contributed by atoms with Gasteiger partial charge in [0.1, 0.15) is 0 Å². The van der Waals surface area contributed by atoms with Gasteiger partial charge in [0, 0.05) is 25.2 Å². The molecule has 0 unspecified atom stereocenters. The van der Waals surface area contributed by atoms with Gasteiger partial charge in [-0.25, -0.2) is 13.1 Å². The fourth-order valence-electron chi connectivity index (χ4n) is 2.02. The van der Waals surface area contributed by atoms with E-state index in [1.54, 1.807) is 13.8 Å². The third kappa shape index (κ3) is 5.04. The lowest BCUT2D eigenvalue weighted by Crippen LogP contribution is -2.36. The van der Waals surface area contributed by atoms with Crippen LogP contribution in [-0.4, -0.2) is 49.9 Å². The fraction of sp³-hybridized carbons (Fsp3) is 0.467. The molecule has 1 atom stereocenters. The molecule has 23 heavy (non-hydrogen) atoms. The van der Waals surface area contributed by atoms with Crippen LogP contribution in [-0.2, 0) is 14.8 Å². The Hall–Kier alpha value is -1.93. The number of nitrogens with one attached hydrogen (secondary N) is 1. The summed E-state index contributed by atoms with van der Waals surface area (Å²) < 4.78 is 26.4. The smallest absolute Gasteiger partial charge is 0.308 e. The van der Waals surface area contributed by atoms with Gasteiger partial charge in [0.05, 0.1) is 10.8 Å². The van der Waals surface area contributed by atoms with Crippen LogP contribution < -0.4 is 4.72 Å². The van der Waals surface area contributed by atoms with Crippen molar-refractivity contribution in [3.63, 3.8) is 0 Å². The van der Waals surface area contributed by atoms with Crippen molar-refractivity contribution < 1.29 is 23.1 Å². The van der Waals surface area contributed by atoms with E-state index >= 15 is 0 Å². The minimum absolute atomic E-state index is 0.00698. The number of amides is 1. The summed E-state index contributed by atoms with van der Waals surface area (Å²) in [5.74, 6) is -2.08. The molecule has 0 heterocycles. The summed E-state index contributed by atoms with van der Waals surface area (Å²) in [4.78, 5) is 24.8. The average molecular weight is 342 g/mol. The van der Waals surface area contributed by atoms with Crippen molar-refractivity contribution in [1.29, 1.82) is 0 Å². The van der Waals surface area contributed by atoms with Crippen molar-refractivity contribution in [1.82, 2.24) is 9.62 Å². The van der Waals surface area contributed by atoms with E-state index in [9.17, 15) is 18.0 Å². The van der Waals surface area contributed by atoms with Crippen molar-refractivity contribution in [3.8, 4) is 0 Å². The Morgan fingerprint density at radius 1 is 1.30 bits per heavy atom. The first kappa shape index (κ1) is 19.1. The Morgan fingerprint density at radius 3 is 2.48 bits per heavy atom. The van der Waals surface area contributed by atoms with Crippen LogP contribution in [0.15, 0.2) is 29.2 Å². The van der Waals surface area contributed by atoms with Gasteiger partial charge in [-0.2, -0.15) is 0 Å². The van der Waals surface area contributed by atoms with Gasteiger partial charge in [0.25, 0.3) is 5.91 Å². The lowest BCUT2D eigenvalue weighted by molar-refractivity contribution is -0.141. The van der Waals surface area contributed by atoms with E-state index in [2.05, 4.69) is 4.72 Å². The predicted octanol–water partition coefficient (Wildman–Crippen LogP) is 1.17. The zero-order valence-corrected chi connectivity index (χ0v) is 14.3. The predicted molar refractivity (Wildman–Crippen MR) is 85.7 cm³/mol. The molecular formula is C15H22N2O5S. The second kappa shape index (κ2) is 8.07. The first-order chi connectivity index (χ1) is 10.7. The number of rotatable bonds is 8. The Morgan fingerprint density at radius 2 is 1.96 bits per heavy atom. The Balaban J connectivity index is 3.06. The number of benzene rings is 1. The normalized spacial score (nSPS) is 12.7. The van der Waals surface area contributed by atoms with Crippen molar-refractivity contribution in [2.75, 3.05) is 19.6 Å². The van der Waals surface area contributed by atoms with Crippen LogP contribution in [0.4, 0.5) is 0 Å². The van der Waals surface area contributed by atoms with Gasteiger partial charge in [-0.3, -0.25) is 9.59 Å². The minimum atomic E-state index is -3.65. The van der Waals surface area contributed by atoms with Crippen molar-refractivity contribution >= 4 is 21.9 Å². The second-order valence-electron chi connectivity index (χ2n) is 5.11. The maximum Gasteiger partial charge on any atom is 0.308 e. The van der Waals surface area contributed by atoms with Gasteiger partial charge in [0.2, 0.25) is 10.0 Å². The molecule has 0 spiro atoms. The molecule has 1 aromatic carbocycles. The third-order valence-corrected chi connectivity index (χ3v) is 4.85. The minimum Gasteiger partial charge on any atom is -0.481 e. The molecule has 128 valence electrons. The van der Waals surface area contributed by atoms with Gasteiger partial charge in [-0.05, 0) is 25.1 Å². The number of nitrogens with zero attached hydrogens (tertiary/aromatic N) is 1. The Labute approximate surface area is 136 Å². The molecule has 0 bridgehead atoms. The van der Waals surface area contributed by atoms with E-state index in [-0.39, 0.29) is 23.5 Å². The van der Waals surface area contributed by atoms with Gasteiger partial charge >= 0.3 is 5.97 Å². The zero-order chi connectivity index (χ0) is 17.6. The molecule has 0 fully saturated rings. The van der Waals surface area contributed by atoms with Crippen LogP contribution in [0, 0.1) is 5.92 Å². The summed E-state index contributed by atoms with van der Waals surface area (Å²) in [6.45, 7) is 5.57. The monoisotopic (exact) mass is 342 g/mol. The first-order valence-corrected chi connectivity index (χ1v) is 8.83. The Kier molecular flexibility index (Phi) is 6.71. The van der Waals surface area contributed by atoms with Crippen LogP contribution in [0.2, 0.25) is 0 Å². The number of carbonyl (C=O) groups is 2. The van der Waals surface area contributed by atoms with E-state index < -0.39 is 27.8 Å². The van der Waals surface area contributed by atoms with Crippen LogP contribution >= 0.6 is 0 Å². The van der Waals surface area contributed by atoms with Gasteiger partial charge in [0.15, 0.2) is 0 Å². The highest BCUT2D eigenvalue weighted by atomic mass is 32.2. The number of hydrogen-bond donors (Lipinski definition) is 2. The highest BCUT2D eigenvalue weighted by Gasteiger charge is 2.22. The van der Waals surface area contributed by atoms with Crippen molar-refractivity contribution in [2.24, 2.45) is 5.92 Å². The maximum atomic E-state index is 12.5. The first-order valence-electron chi connectivity index (χ1n) is 7.34. The number of carboxylic acids is 1. The lowest BCUT2D eigenvalue weighted by Gasteiger charge is -2.23. The van der Waals surface area contributed by atoms with Gasteiger partial charge in [-0.15, -0.1) is 0 Å². The molecule has 2 N–H and O–H groups in total. The summed E-state index contributed by atoms with van der Waals surface area (Å²) in [7, 11) is -3.65. The number of carboxylic acid groups (broad SMARTS) is 1. The lowest BCUT2D eigenvalue weighted by atomic mass is 10.1. The molecule has 0 aliphatic carbocycles. The van der Waals surface area contributed by atoms with Crippen molar-refractivity contribution in [2.45, 2.75) is 25.7 Å². The SMILES string of the molecule is CCNS(=O)(=O)c1cccc(C(=O)N(CC)C[C@H](C)C(=O)O)c1. The highest BCUT2D eigenvalue weighted by molar-refractivity contribution is 7.89. The number of hydrogen-bond acceptors (Lipinski definition) is 4. The quantitative estimate of drug-likeness (QED) is 0.738. The molecule has 0 aliphatic rings.